The number of hydrogen-bond acceptors (Lipinski definition) is 3. The van der Waals surface area contributed by atoms with Crippen molar-refractivity contribution in [1.29, 1.82) is 0 Å². The van der Waals surface area contributed by atoms with Gasteiger partial charge in [-0.15, -0.1) is 11.3 Å². The Hall–Kier alpha value is -2.66. The first-order valence-electron chi connectivity index (χ1n) is 6.43. The maximum Gasteiger partial charge on any atom is 0.212 e. The van der Waals surface area contributed by atoms with Crippen LogP contribution in [0.5, 0.6) is 0 Å². The fourth-order valence-electron chi connectivity index (χ4n) is 2.05. The van der Waals surface area contributed by atoms with Crippen molar-refractivity contribution in [2.75, 3.05) is 0 Å². The molecule has 21 heavy (non-hydrogen) atoms. The van der Waals surface area contributed by atoms with Crippen LogP contribution < -0.4 is 11.5 Å². The molecule has 4 N–H and O–H groups in total. The third-order valence-electron chi connectivity index (χ3n) is 2.98. The summed E-state index contributed by atoms with van der Waals surface area (Å²) in [6.07, 6.45) is 0. The van der Waals surface area contributed by atoms with Gasteiger partial charge in [-0.1, -0.05) is 48.5 Å². The number of thiazole rings is 1. The number of guanidine groups is 1. The molecule has 4 nitrogen and oxygen atoms in total. The Kier molecular flexibility index (Phi) is 3.66. The minimum absolute atomic E-state index is 0.0222. The van der Waals surface area contributed by atoms with Crippen LogP contribution in [0.4, 0.5) is 5.13 Å². The van der Waals surface area contributed by atoms with E-state index < -0.39 is 0 Å². The normalized spacial score (nSPS) is 10.3. The van der Waals surface area contributed by atoms with Gasteiger partial charge in [0.15, 0.2) is 5.96 Å². The Morgan fingerprint density at radius 3 is 2.38 bits per heavy atom. The third kappa shape index (κ3) is 3.09. The summed E-state index contributed by atoms with van der Waals surface area (Å²) in [5.74, 6) is 0.0222. The lowest BCUT2D eigenvalue weighted by Gasteiger charge is -2.03. The van der Waals surface area contributed by atoms with Crippen molar-refractivity contribution in [2.45, 2.75) is 0 Å². The van der Waals surface area contributed by atoms with Gasteiger partial charge in [0, 0.05) is 10.9 Å². The number of aromatic nitrogens is 1. The highest BCUT2D eigenvalue weighted by Gasteiger charge is 2.05. The molecule has 1 aromatic heterocycles. The first-order chi connectivity index (χ1) is 10.2. The molecule has 0 saturated heterocycles. The highest BCUT2D eigenvalue weighted by molar-refractivity contribution is 7.13. The lowest BCUT2D eigenvalue weighted by Crippen LogP contribution is -2.21. The van der Waals surface area contributed by atoms with Crippen LogP contribution in [0.25, 0.3) is 22.4 Å². The molecule has 0 bridgehead atoms. The Bertz CT molecular complexity index is 774. The molecule has 0 unspecified atom stereocenters. The van der Waals surface area contributed by atoms with Crippen LogP contribution in [-0.4, -0.2) is 10.9 Å². The number of rotatable bonds is 3. The van der Waals surface area contributed by atoms with E-state index in [1.807, 2.05) is 35.7 Å². The van der Waals surface area contributed by atoms with Gasteiger partial charge < -0.3 is 11.5 Å². The molecule has 104 valence electrons. The standard InChI is InChI=1S/C16H14N4S/c17-15(18)20-16-19-14(10-21-16)13-8-4-7-12(9-13)11-5-2-1-3-6-11/h1-10H,(H4,17,18,19,20). The molecule has 0 aliphatic carbocycles. The van der Waals surface area contributed by atoms with Crippen molar-refractivity contribution >= 4 is 22.4 Å². The van der Waals surface area contributed by atoms with Gasteiger partial charge in [-0.05, 0) is 17.2 Å². The van der Waals surface area contributed by atoms with Crippen LogP contribution in [0, 0.1) is 0 Å². The summed E-state index contributed by atoms with van der Waals surface area (Å²) in [5.41, 5.74) is 15.0. The number of nitrogens with zero attached hydrogens (tertiary/aromatic N) is 2. The molecule has 0 radical (unpaired) electrons. The number of hydrogen-bond donors (Lipinski definition) is 2. The van der Waals surface area contributed by atoms with E-state index in [9.17, 15) is 0 Å². The molecule has 0 aliphatic heterocycles. The van der Waals surface area contributed by atoms with Gasteiger partial charge in [-0.2, -0.15) is 4.99 Å². The van der Waals surface area contributed by atoms with Gasteiger partial charge >= 0.3 is 0 Å². The molecule has 5 heteroatoms. The SMILES string of the molecule is NC(N)=Nc1nc(-c2cccc(-c3ccccc3)c2)cs1. The zero-order chi connectivity index (χ0) is 14.7. The van der Waals surface area contributed by atoms with E-state index >= 15 is 0 Å². The van der Waals surface area contributed by atoms with Crippen LogP contribution >= 0.6 is 11.3 Å². The van der Waals surface area contributed by atoms with Gasteiger partial charge in [-0.3, -0.25) is 0 Å². The van der Waals surface area contributed by atoms with Crippen molar-refractivity contribution in [3.05, 3.63) is 60.0 Å². The van der Waals surface area contributed by atoms with Gasteiger partial charge in [0.2, 0.25) is 5.13 Å². The molecule has 3 aromatic rings. The summed E-state index contributed by atoms with van der Waals surface area (Å²) >= 11 is 1.42. The molecule has 0 saturated carbocycles. The van der Waals surface area contributed by atoms with Crippen molar-refractivity contribution in [3.8, 4) is 22.4 Å². The van der Waals surface area contributed by atoms with Gasteiger partial charge in [0.05, 0.1) is 5.69 Å². The van der Waals surface area contributed by atoms with Gasteiger partial charge in [0.25, 0.3) is 0 Å². The van der Waals surface area contributed by atoms with E-state index in [2.05, 4.69) is 34.2 Å². The van der Waals surface area contributed by atoms with Crippen LogP contribution in [0.3, 0.4) is 0 Å². The van der Waals surface area contributed by atoms with E-state index in [0.29, 0.717) is 5.13 Å². The Morgan fingerprint density at radius 2 is 1.62 bits per heavy atom. The molecule has 3 rings (SSSR count). The van der Waals surface area contributed by atoms with E-state index in [1.54, 1.807) is 0 Å². The lowest BCUT2D eigenvalue weighted by molar-refractivity contribution is 1.33. The van der Waals surface area contributed by atoms with Crippen LogP contribution in [-0.2, 0) is 0 Å². The van der Waals surface area contributed by atoms with Gasteiger partial charge in [-0.25, -0.2) is 4.98 Å². The second-order valence-corrected chi connectivity index (χ2v) is 5.34. The third-order valence-corrected chi connectivity index (χ3v) is 3.72. The second-order valence-electron chi connectivity index (χ2n) is 4.50. The quantitative estimate of drug-likeness (QED) is 0.574. The first-order valence-corrected chi connectivity index (χ1v) is 7.31. The zero-order valence-corrected chi connectivity index (χ0v) is 12.0. The van der Waals surface area contributed by atoms with Crippen LogP contribution in [0.2, 0.25) is 0 Å². The maximum atomic E-state index is 5.37. The smallest absolute Gasteiger partial charge is 0.212 e. The molecule has 0 spiro atoms. The minimum atomic E-state index is 0.0222. The number of aliphatic imine (C=N–C) groups is 1. The molecule has 0 aliphatic rings. The predicted molar refractivity (Wildman–Crippen MR) is 88.5 cm³/mol. The second kappa shape index (κ2) is 5.76. The van der Waals surface area contributed by atoms with Crippen molar-refractivity contribution in [3.63, 3.8) is 0 Å². The maximum absolute atomic E-state index is 5.37. The van der Waals surface area contributed by atoms with Crippen LogP contribution in [0.15, 0.2) is 65.0 Å². The Balaban J connectivity index is 1.97. The predicted octanol–water partition coefficient (Wildman–Crippen LogP) is 3.38. The minimum Gasteiger partial charge on any atom is -0.370 e. The largest absolute Gasteiger partial charge is 0.370 e. The van der Waals surface area contributed by atoms with E-state index in [0.717, 1.165) is 16.8 Å². The highest BCUT2D eigenvalue weighted by atomic mass is 32.1. The van der Waals surface area contributed by atoms with Crippen LogP contribution in [0.1, 0.15) is 0 Å². The monoisotopic (exact) mass is 294 g/mol. The summed E-state index contributed by atoms with van der Waals surface area (Å²) in [7, 11) is 0. The summed E-state index contributed by atoms with van der Waals surface area (Å²) in [4.78, 5) is 8.39. The summed E-state index contributed by atoms with van der Waals surface area (Å²) < 4.78 is 0. The Morgan fingerprint density at radius 1 is 0.905 bits per heavy atom. The summed E-state index contributed by atoms with van der Waals surface area (Å²) in [6, 6.07) is 18.5. The fraction of sp³-hybridized carbons (Fsp3) is 0. The molecular weight excluding hydrogens is 280 g/mol. The number of benzene rings is 2. The first kappa shape index (κ1) is 13.3. The summed E-state index contributed by atoms with van der Waals surface area (Å²) in [6.45, 7) is 0. The average molecular weight is 294 g/mol. The van der Waals surface area contributed by atoms with Crippen molar-refractivity contribution < 1.29 is 0 Å². The van der Waals surface area contributed by atoms with E-state index in [-0.39, 0.29) is 5.96 Å². The highest BCUT2D eigenvalue weighted by Crippen LogP contribution is 2.29. The summed E-state index contributed by atoms with van der Waals surface area (Å²) in [5, 5.41) is 2.52. The average Bonchev–Trinajstić information content (AvgIpc) is 2.96. The molecule has 0 fully saturated rings. The Labute approximate surface area is 126 Å². The molecular formula is C16H14N4S. The number of nitrogens with two attached hydrogens (primary N) is 2. The van der Waals surface area contributed by atoms with E-state index in [1.165, 1.54) is 16.9 Å². The lowest BCUT2D eigenvalue weighted by atomic mass is 10.0. The van der Waals surface area contributed by atoms with Crippen molar-refractivity contribution in [2.24, 2.45) is 16.5 Å². The molecule has 2 aromatic carbocycles. The molecule has 0 atom stereocenters. The zero-order valence-electron chi connectivity index (χ0n) is 11.2. The van der Waals surface area contributed by atoms with Crippen molar-refractivity contribution in [1.82, 2.24) is 4.98 Å². The van der Waals surface area contributed by atoms with E-state index in [4.69, 9.17) is 11.5 Å². The fourth-order valence-corrected chi connectivity index (χ4v) is 2.76. The molecule has 1 heterocycles. The van der Waals surface area contributed by atoms with Gasteiger partial charge in [0.1, 0.15) is 0 Å². The molecule has 0 amide bonds. The topological polar surface area (TPSA) is 77.3 Å².